The van der Waals surface area contributed by atoms with E-state index in [0.29, 0.717) is 45.1 Å². The number of rotatable bonds is 7. The number of carbonyl (C=O) groups excluding carboxylic acids is 1. The van der Waals surface area contributed by atoms with Gasteiger partial charge in [-0.1, -0.05) is 20.8 Å². The van der Waals surface area contributed by atoms with E-state index in [0.717, 1.165) is 6.26 Å². The first kappa shape index (κ1) is 30.7. The van der Waals surface area contributed by atoms with Crippen molar-refractivity contribution >= 4 is 44.4 Å². The Labute approximate surface area is 243 Å². The number of hydrogen-bond donors (Lipinski definition) is 2. The fourth-order valence-electron chi connectivity index (χ4n) is 4.47. The van der Waals surface area contributed by atoms with E-state index < -0.39 is 27.4 Å². The van der Waals surface area contributed by atoms with Gasteiger partial charge in [-0.25, -0.2) is 14.2 Å². The lowest BCUT2D eigenvalue weighted by Crippen LogP contribution is -2.38. The summed E-state index contributed by atoms with van der Waals surface area (Å²) in [6, 6.07) is 6.39. The lowest BCUT2D eigenvalue weighted by Gasteiger charge is -2.21. The van der Waals surface area contributed by atoms with E-state index in [4.69, 9.17) is 4.28 Å². The van der Waals surface area contributed by atoms with Crippen molar-refractivity contribution in [1.82, 2.24) is 19.3 Å². The van der Waals surface area contributed by atoms with Crippen molar-refractivity contribution in [3.63, 3.8) is 0 Å². The molecule has 4 aromatic rings. The monoisotopic (exact) mass is 599 g/mol. The highest BCUT2D eigenvalue weighted by Gasteiger charge is 2.29. The number of carbonyl (C=O) groups is 1. The molecule has 0 atom stereocenters. The van der Waals surface area contributed by atoms with Crippen LogP contribution in [0.25, 0.3) is 22.0 Å². The molecule has 0 aliphatic carbocycles. The fraction of sp³-hybridized carbons (Fsp3) is 0.357. The van der Waals surface area contributed by atoms with E-state index in [9.17, 15) is 18.0 Å². The molecule has 2 amide bonds. The summed E-state index contributed by atoms with van der Waals surface area (Å²) in [5.74, 6) is -0.186. The minimum Gasteiger partial charge on any atom is -0.373 e. The van der Waals surface area contributed by atoms with Gasteiger partial charge in [-0.2, -0.15) is 13.5 Å². The number of aromatic nitrogens is 4. The lowest BCUT2D eigenvalue weighted by atomic mass is 9.92. The second-order valence-electron chi connectivity index (χ2n) is 10.9. The van der Waals surface area contributed by atoms with Crippen molar-refractivity contribution in [1.29, 1.82) is 0 Å². The first-order valence-electron chi connectivity index (χ1n) is 13.1. The minimum absolute atomic E-state index is 0.00407. The molecule has 0 radical (unpaired) electrons. The minimum atomic E-state index is -4.18. The van der Waals surface area contributed by atoms with Crippen molar-refractivity contribution in [3.8, 4) is 11.1 Å². The maximum atomic E-state index is 15.2. The highest BCUT2D eigenvalue weighted by molar-refractivity contribution is 7.86. The van der Waals surface area contributed by atoms with Crippen LogP contribution < -0.4 is 21.3 Å². The number of nitrogens with zero attached hydrogens (tertiary/aromatic N) is 5. The topological polar surface area (TPSA) is 140 Å². The Balaban J connectivity index is 1.81. The number of anilines is 3. The number of hydroxylamine groups is 1. The summed E-state index contributed by atoms with van der Waals surface area (Å²) < 4.78 is 47.3. The average molecular weight is 600 g/mol. The molecule has 3 heterocycles. The van der Waals surface area contributed by atoms with Crippen LogP contribution in [0.5, 0.6) is 0 Å². The van der Waals surface area contributed by atoms with E-state index in [1.54, 1.807) is 36.9 Å². The summed E-state index contributed by atoms with van der Waals surface area (Å²) in [5, 5.41) is 10.9. The molecule has 0 unspecified atom stereocenters. The Bertz CT molecular complexity index is 1860. The van der Waals surface area contributed by atoms with Gasteiger partial charge in [0.05, 0.1) is 23.2 Å². The molecule has 0 aliphatic rings. The molecule has 14 heteroatoms. The lowest BCUT2D eigenvalue weighted by molar-refractivity contribution is 0.224. The molecule has 42 heavy (non-hydrogen) atoms. The fourth-order valence-corrected chi connectivity index (χ4v) is 4.88. The highest BCUT2D eigenvalue weighted by atomic mass is 32.2. The number of halogens is 1. The van der Waals surface area contributed by atoms with Crippen LogP contribution in [0.3, 0.4) is 0 Å². The zero-order valence-corrected chi connectivity index (χ0v) is 25.6. The third-order valence-corrected chi connectivity index (χ3v) is 7.04. The predicted molar refractivity (Wildman–Crippen MR) is 161 cm³/mol. The molecule has 3 aromatic heterocycles. The second-order valence-corrected chi connectivity index (χ2v) is 12.5. The summed E-state index contributed by atoms with van der Waals surface area (Å²) in [5.41, 5.74) is 1.35. The van der Waals surface area contributed by atoms with E-state index in [-0.39, 0.29) is 22.6 Å². The van der Waals surface area contributed by atoms with Crippen LogP contribution in [0.4, 0.5) is 26.5 Å². The number of pyridine rings is 2. The van der Waals surface area contributed by atoms with E-state index in [1.807, 2.05) is 27.7 Å². The van der Waals surface area contributed by atoms with Crippen molar-refractivity contribution in [2.75, 3.05) is 29.0 Å². The first-order chi connectivity index (χ1) is 19.5. The Morgan fingerprint density at radius 1 is 1.14 bits per heavy atom. The van der Waals surface area contributed by atoms with E-state index >= 15 is 4.39 Å². The smallest absolute Gasteiger partial charge is 0.353 e. The zero-order chi connectivity index (χ0) is 31.1. The quantitative estimate of drug-likeness (QED) is 0.295. The van der Waals surface area contributed by atoms with Crippen LogP contribution in [-0.2, 0) is 33.4 Å². The number of amides is 2. The van der Waals surface area contributed by atoms with Gasteiger partial charge in [-0.15, -0.1) is 9.35 Å². The molecule has 0 saturated heterocycles. The van der Waals surface area contributed by atoms with Crippen LogP contribution in [0.1, 0.15) is 39.0 Å². The molecular formula is C28H34FN7O5S. The van der Waals surface area contributed by atoms with Crippen LogP contribution in [0.2, 0.25) is 0 Å². The maximum absolute atomic E-state index is 15.2. The molecule has 4 rings (SSSR count). The summed E-state index contributed by atoms with van der Waals surface area (Å²) in [6.45, 7) is 9.57. The summed E-state index contributed by atoms with van der Waals surface area (Å²) >= 11 is 0. The number of hydrogen-bond acceptors (Lipinski definition) is 8. The molecule has 0 aliphatic heterocycles. The van der Waals surface area contributed by atoms with Crippen LogP contribution in [-0.4, -0.2) is 47.1 Å². The predicted octanol–water partition coefficient (Wildman–Crippen LogP) is 4.53. The molecular weight excluding hydrogens is 565 g/mol. The van der Waals surface area contributed by atoms with E-state index in [2.05, 4.69) is 20.7 Å². The van der Waals surface area contributed by atoms with Crippen molar-refractivity contribution in [2.45, 2.75) is 46.6 Å². The third-order valence-electron chi connectivity index (χ3n) is 6.62. The van der Waals surface area contributed by atoms with Gasteiger partial charge in [0, 0.05) is 55.3 Å². The van der Waals surface area contributed by atoms with E-state index in [1.165, 1.54) is 29.9 Å². The van der Waals surface area contributed by atoms with Gasteiger partial charge in [0.1, 0.15) is 11.6 Å². The number of benzene rings is 1. The van der Waals surface area contributed by atoms with Crippen molar-refractivity contribution < 1.29 is 21.9 Å². The van der Waals surface area contributed by atoms with Gasteiger partial charge >= 0.3 is 6.03 Å². The van der Waals surface area contributed by atoms with Crippen molar-refractivity contribution in [2.24, 2.45) is 7.05 Å². The van der Waals surface area contributed by atoms with Crippen LogP contribution in [0, 0.1) is 12.7 Å². The van der Waals surface area contributed by atoms with Gasteiger partial charge in [-0.3, -0.25) is 9.48 Å². The highest BCUT2D eigenvalue weighted by Crippen LogP contribution is 2.31. The van der Waals surface area contributed by atoms with Gasteiger partial charge < -0.3 is 15.2 Å². The SMILES string of the molecule is CCn1c(=O)c(-c2cc(NC(=O)N(OS(C)(=O)=O)c3cc(C(C)(C)C)nn3C)c(F)cc2C)cc2cnc(NC)cc21. The molecule has 0 bridgehead atoms. The third kappa shape index (κ3) is 6.14. The number of aryl methyl sites for hydroxylation is 3. The Morgan fingerprint density at radius 2 is 1.83 bits per heavy atom. The summed E-state index contributed by atoms with van der Waals surface area (Å²) in [6.07, 6.45) is 2.42. The Morgan fingerprint density at radius 3 is 2.40 bits per heavy atom. The zero-order valence-electron chi connectivity index (χ0n) is 24.7. The first-order valence-corrected chi connectivity index (χ1v) is 14.9. The van der Waals surface area contributed by atoms with Gasteiger partial charge in [0.15, 0.2) is 5.82 Å². The largest absolute Gasteiger partial charge is 0.373 e. The Kier molecular flexibility index (Phi) is 8.16. The maximum Gasteiger partial charge on any atom is 0.353 e. The van der Waals surface area contributed by atoms with Crippen LogP contribution in [0.15, 0.2) is 41.3 Å². The van der Waals surface area contributed by atoms with Gasteiger partial charge in [0.2, 0.25) is 0 Å². The van der Waals surface area contributed by atoms with Gasteiger partial charge in [-0.05, 0) is 43.2 Å². The summed E-state index contributed by atoms with van der Waals surface area (Å²) in [7, 11) is -0.931. The number of fused-ring (bicyclic) bond motifs is 1. The molecule has 12 nitrogen and oxygen atoms in total. The molecule has 1 aromatic carbocycles. The molecule has 224 valence electrons. The average Bonchev–Trinajstić information content (AvgIpc) is 3.29. The number of urea groups is 1. The second kappa shape index (κ2) is 11.2. The Hall–Kier alpha value is -4.30. The number of nitrogens with one attached hydrogen (secondary N) is 2. The molecule has 0 fully saturated rings. The normalized spacial score (nSPS) is 12.0. The van der Waals surface area contributed by atoms with Crippen LogP contribution >= 0.6 is 0 Å². The standard InChI is InChI=1S/C28H34FN7O5S/c1-9-35-22-13-24(30-6)31-15-17(22)11-19(26(35)37)18-12-21(20(29)10-16(18)2)32-27(38)36(41-42(8,39)40)25-14-23(28(3,4)5)33-34(25)7/h10-15H,9H2,1-8H3,(H,30,31)(H,32,38). The molecule has 0 spiro atoms. The van der Waals surface area contributed by atoms with Crippen molar-refractivity contribution in [3.05, 3.63) is 64.0 Å². The molecule has 2 N–H and O–H groups in total. The van der Waals surface area contributed by atoms with Gasteiger partial charge in [0.25, 0.3) is 15.7 Å². The summed E-state index contributed by atoms with van der Waals surface area (Å²) in [4.78, 5) is 31.4. The molecule has 0 saturated carbocycles.